The summed E-state index contributed by atoms with van der Waals surface area (Å²) in [7, 11) is 0. The van der Waals surface area contributed by atoms with Gasteiger partial charge in [0.05, 0.1) is 5.51 Å². The number of halogens is 4. The summed E-state index contributed by atoms with van der Waals surface area (Å²) in [6, 6.07) is 4.22. The summed E-state index contributed by atoms with van der Waals surface area (Å²) in [6.07, 6.45) is -2.34. The van der Waals surface area contributed by atoms with Gasteiger partial charge in [-0.05, 0) is 35.7 Å². The Morgan fingerprint density at radius 3 is 2.93 bits per heavy atom. The first-order valence-corrected chi connectivity index (χ1v) is 9.01. The number of anilines is 1. The molecule has 0 saturated heterocycles. The molecular weight excluding hydrogens is 403 g/mol. The third kappa shape index (κ3) is 3.91. The van der Waals surface area contributed by atoms with Crippen molar-refractivity contribution in [3.8, 4) is 5.75 Å². The van der Waals surface area contributed by atoms with E-state index >= 15 is 0 Å². The van der Waals surface area contributed by atoms with Gasteiger partial charge >= 0.3 is 6.36 Å². The van der Waals surface area contributed by atoms with Gasteiger partial charge in [-0.1, -0.05) is 0 Å². The maximum atomic E-state index is 12.3. The van der Waals surface area contributed by atoms with Crippen LogP contribution in [0.25, 0.3) is 21.3 Å². The molecule has 4 rings (SSSR count). The zero-order valence-electron chi connectivity index (χ0n) is 13.5. The van der Waals surface area contributed by atoms with Crippen molar-refractivity contribution < 1.29 is 17.9 Å². The summed E-state index contributed by atoms with van der Waals surface area (Å²) < 4.78 is 40.9. The Hall–Kier alpha value is -2.59. The Bertz CT molecular complexity index is 1110. The molecule has 4 aromatic rings. The molecule has 3 aromatic heterocycles. The summed E-state index contributed by atoms with van der Waals surface area (Å²) >= 11 is 7.29. The van der Waals surface area contributed by atoms with Gasteiger partial charge in [0.15, 0.2) is 10.6 Å². The number of ether oxygens (including phenoxy) is 1. The number of aromatic nitrogens is 4. The van der Waals surface area contributed by atoms with E-state index < -0.39 is 6.36 Å². The molecule has 0 unspecified atom stereocenters. The molecule has 11 heteroatoms. The number of aromatic amines is 1. The molecule has 2 N–H and O–H groups in total. The van der Waals surface area contributed by atoms with Gasteiger partial charge in [-0.3, -0.25) is 0 Å². The number of H-pyrrole nitrogens is 1. The number of benzene rings is 1. The van der Waals surface area contributed by atoms with Crippen LogP contribution in [0, 0.1) is 0 Å². The second-order valence-electron chi connectivity index (χ2n) is 5.59. The molecule has 0 atom stereocenters. The Kier molecular flexibility index (Phi) is 4.52. The first kappa shape index (κ1) is 17.8. The lowest BCUT2D eigenvalue weighted by Gasteiger charge is -2.09. The van der Waals surface area contributed by atoms with E-state index in [9.17, 15) is 13.2 Å². The second-order valence-corrected chi connectivity index (χ2v) is 6.76. The molecule has 140 valence electrons. The lowest BCUT2D eigenvalue weighted by Crippen LogP contribution is -2.16. The molecule has 3 heterocycles. The van der Waals surface area contributed by atoms with E-state index in [1.54, 1.807) is 17.8 Å². The third-order valence-electron chi connectivity index (χ3n) is 3.83. The van der Waals surface area contributed by atoms with Crippen LogP contribution in [-0.2, 0) is 6.42 Å². The van der Waals surface area contributed by atoms with Gasteiger partial charge < -0.3 is 15.0 Å². The molecular formula is C16H11ClF3N5OS. The van der Waals surface area contributed by atoms with Gasteiger partial charge in [-0.25, -0.2) is 9.97 Å². The zero-order valence-corrected chi connectivity index (χ0v) is 15.0. The van der Waals surface area contributed by atoms with E-state index in [2.05, 4.69) is 30.0 Å². The van der Waals surface area contributed by atoms with Crippen LogP contribution in [0.4, 0.5) is 19.0 Å². The highest BCUT2D eigenvalue weighted by molar-refractivity contribution is 7.16. The van der Waals surface area contributed by atoms with Gasteiger partial charge in [0, 0.05) is 29.7 Å². The minimum Gasteiger partial charge on any atom is -0.406 e. The molecule has 0 aliphatic heterocycles. The van der Waals surface area contributed by atoms with Crippen LogP contribution < -0.4 is 10.1 Å². The number of nitrogens with zero attached hydrogens (tertiary/aromatic N) is 3. The van der Waals surface area contributed by atoms with Gasteiger partial charge in [0.25, 0.3) is 0 Å². The second kappa shape index (κ2) is 6.86. The molecule has 0 spiro atoms. The van der Waals surface area contributed by atoms with Gasteiger partial charge in [0.2, 0.25) is 5.28 Å². The smallest absolute Gasteiger partial charge is 0.406 e. The maximum Gasteiger partial charge on any atom is 0.573 e. The van der Waals surface area contributed by atoms with Gasteiger partial charge in [-0.2, -0.15) is 4.98 Å². The van der Waals surface area contributed by atoms with Crippen LogP contribution in [0.15, 0.2) is 29.9 Å². The standard InChI is InChI=1S/C16H11ClF3N5OS/c17-15-24-13(12-14(25-15)27-7-23-12)21-4-3-8-6-22-11-5-9(1-2-10(8)11)26-16(18,19)20/h1-2,5-7,22H,3-4H2,(H,21,24,25). The van der Waals surface area contributed by atoms with Crippen molar-refractivity contribution in [3.05, 3.63) is 40.8 Å². The van der Waals surface area contributed by atoms with E-state index in [1.807, 2.05) is 0 Å². The number of hydrogen-bond donors (Lipinski definition) is 2. The first-order chi connectivity index (χ1) is 12.9. The lowest BCUT2D eigenvalue weighted by atomic mass is 10.1. The van der Waals surface area contributed by atoms with E-state index in [4.69, 9.17) is 11.6 Å². The van der Waals surface area contributed by atoms with Crippen LogP contribution >= 0.6 is 22.9 Å². The quantitative estimate of drug-likeness (QED) is 0.461. The zero-order chi connectivity index (χ0) is 19.0. The molecule has 0 bridgehead atoms. The fourth-order valence-electron chi connectivity index (χ4n) is 2.74. The lowest BCUT2D eigenvalue weighted by molar-refractivity contribution is -0.274. The van der Waals surface area contributed by atoms with Crippen molar-refractivity contribution in [1.82, 2.24) is 19.9 Å². The predicted molar refractivity (Wildman–Crippen MR) is 97.4 cm³/mol. The summed E-state index contributed by atoms with van der Waals surface area (Å²) in [5.41, 5.74) is 3.84. The fraction of sp³-hybridized carbons (Fsp3) is 0.188. The van der Waals surface area contributed by atoms with E-state index in [1.165, 1.54) is 23.5 Å². The van der Waals surface area contributed by atoms with Crippen LogP contribution in [0.3, 0.4) is 0 Å². The molecule has 1 aromatic carbocycles. The van der Waals surface area contributed by atoms with Crippen molar-refractivity contribution in [1.29, 1.82) is 0 Å². The van der Waals surface area contributed by atoms with Crippen LogP contribution in [0.2, 0.25) is 5.28 Å². The van der Waals surface area contributed by atoms with Crippen molar-refractivity contribution in [2.45, 2.75) is 12.8 Å². The molecule has 0 aliphatic rings. The number of fused-ring (bicyclic) bond motifs is 2. The van der Waals surface area contributed by atoms with Crippen LogP contribution in [-0.4, -0.2) is 32.8 Å². The van der Waals surface area contributed by atoms with Gasteiger partial charge in [-0.15, -0.1) is 24.5 Å². The molecule has 0 saturated carbocycles. The summed E-state index contributed by atoms with van der Waals surface area (Å²) in [4.78, 5) is 16.1. The third-order valence-corrected chi connectivity index (χ3v) is 4.72. The normalized spacial score (nSPS) is 12.0. The molecule has 0 amide bonds. The minimum absolute atomic E-state index is 0.138. The fourth-order valence-corrected chi connectivity index (χ4v) is 3.62. The topological polar surface area (TPSA) is 75.7 Å². The highest BCUT2D eigenvalue weighted by Gasteiger charge is 2.31. The monoisotopic (exact) mass is 413 g/mol. The Balaban J connectivity index is 1.48. The van der Waals surface area contributed by atoms with E-state index in [0.717, 1.165) is 10.9 Å². The molecule has 0 aliphatic carbocycles. The number of hydrogen-bond acceptors (Lipinski definition) is 6. The SMILES string of the molecule is FC(F)(F)Oc1ccc2c(CCNc3nc(Cl)nc4scnc34)c[nH]c2c1. The average molecular weight is 414 g/mol. The molecule has 0 fully saturated rings. The average Bonchev–Trinajstić information content (AvgIpc) is 3.20. The summed E-state index contributed by atoms with van der Waals surface area (Å²) in [5.74, 6) is 0.287. The predicted octanol–water partition coefficient (Wildman–Crippen LogP) is 4.77. The van der Waals surface area contributed by atoms with Crippen molar-refractivity contribution in [3.63, 3.8) is 0 Å². The molecule has 27 heavy (non-hydrogen) atoms. The number of nitrogens with one attached hydrogen (secondary N) is 2. The maximum absolute atomic E-state index is 12.3. The highest BCUT2D eigenvalue weighted by atomic mass is 35.5. The van der Waals surface area contributed by atoms with E-state index in [0.29, 0.717) is 34.6 Å². The largest absolute Gasteiger partial charge is 0.573 e. The Morgan fingerprint density at radius 2 is 2.11 bits per heavy atom. The van der Waals surface area contributed by atoms with Crippen molar-refractivity contribution >= 4 is 50.0 Å². The first-order valence-electron chi connectivity index (χ1n) is 7.75. The van der Waals surface area contributed by atoms with E-state index in [-0.39, 0.29) is 11.0 Å². The van der Waals surface area contributed by atoms with Crippen molar-refractivity contribution in [2.24, 2.45) is 0 Å². The number of rotatable bonds is 5. The van der Waals surface area contributed by atoms with Crippen LogP contribution in [0.1, 0.15) is 5.56 Å². The summed E-state index contributed by atoms with van der Waals surface area (Å²) in [6.45, 7) is 0.535. The number of alkyl halides is 3. The highest BCUT2D eigenvalue weighted by Crippen LogP contribution is 2.28. The minimum atomic E-state index is -4.72. The number of thiazole rings is 1. The molecule has 6 nitrogen and oxygen atoms in total. The van der Waals surface area contributed by atoms with Gasteiger partial charge in [0.1, 0.15) is 11.3 Å². The van der Waals surface area contributed by atoms with Crippen LogP contribution in [0.5, 0.6) is 5.75 Å². The van der Waals surface area contributed by atoms with Crippen molar-refractivity contribution in [2.75, 3.05) is 11.9 Å². The Labute approximate surface area is 159 Å². The molecule has 0 radical (unpaired) electrons. The Morgan fingerprint density at radius 1 is 1.26 bits per heavy atom. The summed E-state index contributed by atoms with van der Waals surface area (Å²) in [5, 5.41) is 4.14.